The molecule has 21 heavy (non-hydrogen) atoms. The molecule has 3 aliphatic rings. The normalized spacial score (nSPS) is 31.3. The average molecular weight is 292 g/mol. The van der Waals surface area contributed by atoms with Gasteiger partial charge < -0.3 is 9.80 Å². The van der Waals surface area contributed by atoms with Gasteiger partial charge >= 0.3 is 6.03 Å². The van der Waals surface area contributed by atoms with Crippen molar-refractivity contribution in [3.8, 4) is 0 Å². The molecule has 2 heterocycles. The highest BCUT2D eigenvalue weighted by atomic mass is 16.2. The molecule has 0 aromatic rings. The predicted molar refractivity (Wildman–Crippen MR) is 82.1 cm³/mol. The molecule has 2 unspecified atom stereocenters. The third-order valence-corrected chi connectivity index (χ3v) is 5.49. The zero-order valence-electron chi connectivity index (χ0n) is 13.1. The number of piperidine rings is 1. The topological polar surface area (TPSA) is 40.6 Å². The van der Waals surface area contributed by atoms with E-state index in [2.05, 4.69) is 4.90 Å². The van der Waals surface area contributed by atoms with Crippen molar-refractivity contribution in [2.45, 2.75) is 70.3 Å². The van der Waals surface area contributed by atoms with Crippen LogP contribution in [0.2, 0.25) is 0 Å². The Bertz CT molecular complexity index is 388. The van der Waals surface area contributed by atoms with E-state index < -0.39 is 0 Å². The Morgan fingerprint density at radius 2 is 1.57 bits per heavy atom. The van der Waals surface area contributed by atoms with E-state index in [-0.39, 0.29) is 18.0 Å². The quantitative estimate of drug-likeness (QED) is 0.744. The summed E-state index contributed by atoms with van der Waals surface area (Å²) in [6.07, 6.45) is 10.8. The molecule has 3 rings (SSSR count). The van der Waals surface area contributed by atoms with Gasteiger partial charge in [-0.1, -0.05) is 12.8 Å². The second kappa shape index (κ2) is 6.80. The van der Waals surface area contributed by atoms with Crippen molar-refractivity contribution in [2.24, 2.45) is 5.92 Å². The molecular formula is C17H28N2O2. The van der Waals surface area contributed by atoms with E-state index in [4.69, 9.17) is 0 Å². The average Bonchev–Trinajstić information content (AvgIpc) is 2.77. The van der Waals surface area contributed by atoms with Gasteiger partial charge in [0.1, 0.15) is 5.78 Å². The molecule has 0 bridgehead atoms. The summed E-state index contributed by atoms with van der Waals surface area (Å²) in [5.41, 5.74) is 0. The lowest BCUT2D eigenvalue weighted by molar-refractivity contribution is -0.122. The molecule has 118 valence electrons. The monoisotopic (exact) mass is 292 g/mol. The number of hydrogen-bond acceptors (Lipinski definition) is 2. The number of carbonyl (C=O) groups excluding carboxylic acids is 2. The van der Waals surface area contributed by atoms with Crippen molar-refractivity contribution in [3.05, 3.63) is 0 Å². The Kier molecular flexibility index (Phi) is 4.81. The molecule has 3 fully saturated rings. The van der Waals surface area contributed by atoms with Gasteiger partial charge in [0.25, 0.3) is 0 Å². The maximum Gasteiger partial charge on any atom is 0.320 e. The minimum Gasteiger partial charge on any atom is -0.325 e. The number of likely N-dealkylation sites (tertiary alicyclic amines) is 2. The van der Waals surface area contributed by atoms with E-state index in [1.165, 1.54) is 12.8 Å². The first-order valence-corrected chi connectivity index (χ1v) is 8.85. The lowest BCUT2D eigenvalue weighted by Gasteiger charge is -2.41. The van der Waals surface area contributed by atoms with Crippen LogP contribution in [0.4, 0.5) is 4.79 Å². The highest BCUT2D eigenvalue weighted by molar-refractivity contribution is 5.84. The largest absolute Gasteiger partial charge is 0.325 e. The van der Waals surface area contributed by atoms with Gasteiger partial charge in [0.2, 0.25) is 0 Å². The lowest BCUT2D eigenvalue weighted by Crippen LogP contribution is -2.53. The molecule has 2 amide bonds. The molecule has 4 heteroatoms. The Balaban J connectivity index is 1.70. The van der Waals surface area contributed by atoms with Crippen LogP contribution in [-0.2, 0) is 4.79 Å². The van der Waals surface area contributed by atoms with E-state index in [1.54, 1.807) is 0 Å². The molecule has 2 atom stereocenters. The maximum atomic E-state index is 12.9. The number of ketones is 1. The van der Waals surface area contributed by atoms with Gasteiger partial charge in [-0.25, -0.2) is 4.79 Å². The van der Waals surface area contributed by atoms with Crippen molar-refractivity contribution in [1.82, 2.24) is 9.80 Å². The molecule has 4 nitrogen and oxygen atoms in total. The van der Waals surface area contributed by atoms with Crippen LogP contribution in [0.1, 0.15) is 64.2 Å². The second-order valence-electron chi connectivity index (χ2n) is 6.91. The van der Waals surface area contributed by atoms with Crippen LogP contribution in [0.15, 0.2) is 0 Å². The molecule has 0 radical (unpaired) electrons. The third kappa shape index (κ3) is 3.24. The first-order valence-electron chi connectivity index (χ1n) is 8.85. The number of urea groups is 1. The molecule has 2 aliphatic heterocycles. The Morgan fingerprint density at radius 1 is 0.857 bits per heavy atom. The standard InChI is InChI=1S/C17H28N2O2/c20-16-10-7-8-14(16)15-9-3-6-13-19(15)17(21)18-11-4-1-2-5-12-18/h14-15H,1-13H2. The van der Waals surface area contributed by atoms with Crippen molar-refractivity contribution in [2.75, 3.05) is 19.6 Å². The second-order valence-corrected chi connectivity index (χ2v) is 6.91. The summed E-state index contributed by atoms with van der Waals surface area (Å²) < 4.78 is 0. The Labute approximate surface area is 127 Å². The Hall–Kier alpha value is -1.06. The number of amides is 2. The molecule has 1 aliphatic carbocycles. The fraction of sp³-hybridized carbons (Fsp3) is 0.882. The van der Waals surface area contributed by atoms with E-state index in [9.17, 15) is 9.59 Å². The van der Waals surface area contributed by atoms with Gasteiger partial charge in [-0.05, 0) is 44.9 Å². The molecule has 0 N–H and O–H groups in total. The van der Waals surface area contributed by atoms with Crippen LogP contribution in [0, 0.1) is 5.92 Å². The van der Waals surface area contributed by atoms with Gasteiger partial charge in [-0.2, -0.15) is 0 Å². The van der Waals surface area contributed by atoms with Crippen LogP contribution >= 0.6 is 0 Å². The van der Waals surface area contributed by atoms with Gasteiger partial charge in [-0.3, -0.25) is 4.79 Å². The van der Waals surface area contributed by atoms with Crippen LogP contribution in [-0.4, -0.2) is 47.3 Å². The highest BCUT2D eigenvalue weighted by Gasteiger charge is 2.39. The predicted octanol–water partition coefficient (Wildman–Crippen LogP) is 3.21. The molecule has 0 spiro atoms. The number of nitrogens with zero attached hydrogens (tertiary/aromatic N) is 2. The smallest absolute Gasteiger partial charge is 0.320 e. The number of rotatable bonds is 1. The van der Waals surface area contributed by atoms with Crippen LogP contribution < -0.4 is 0 Å². The first-order chi connectivity index (χ1) is 10.3. The number of hydrogen-bond donors (Lipinski definition) is 0. The minimum atomic E-state index is 0.126. The van der Waals surface area contributed by atoms with E-state index in [1.807, 2.05) is 4.90 Å². The molecule has 0 aromatic heterocycles. The Morgan fingerprint density at radius 3 is 2.24 bits per heavy atom. The van der Waals surface area contributed by atoms with Crippen molar-refractivity contribution < 1.29 is 9.59 Å². The summed E-state index contributed by atoms with van der Waals surface area (Å²) in [6.45, 7) is 2.66. The number of Topliss-reactive ketones (excluding diaryl/α,β-unsaturated/α-hetero) is 1. The highest BCUT2D eigenvalue weighted by Crippen LogP contribution is 2.33. The molecule has 0 aromatic carbocycles. The summed E-state index contributed by atoms with van der Waals surface area (Å²) in [4.78, 5) is 29.1. The number of carbonyl (C=O) groups is 2. The zero-order chi connectivity index (χ0) is 14.7. The first kappa shape index (κ1) is 14.9. The molecule has 1 saturated carbocycles. The third-order valence-electron chi connectivity index (χ3n) is 5.49. The zero-order valence-corrected chi connectivity index (χ0v) is 13.1. The summed E-state index contributed by atoms with van der Waals surface area (Å²) in [5.74, 6) is 0.525. The van der Waals surface area contributed by atoms with Crippen molar-refractivity contribution >= 4 is 11.8 Å². The van der Waals surface area contributed by atoms with E-state index >= 15 is 0 Å². The summed E-state index contributed by atoms with van der Waals surface area (Å²) in [6, 6.07) is 0.394. The van der Waals surface area contributed by atoms with Crippen LogP contribution in [0.3, 0.4) is 0 Å². The SMILES string of the molecule is O=C1CCCC1C1CCCCN1C(=O)N1CCCCCC1. The van der Waals surface area contributed by atoms with Crippen molar-refractivity contribution in [1.29, 1.82) is 0 Å². The van der Waals surface area contributed by atoms with E-state index in [0.29, 0.717) is 5.78 Å². The maximum absolute atomic E-state index is 12.9. The molecule has 2 saturated heterocycles. The van der Waals surface area contributed by atoms with E-state index in [0.717, 1.165) is 71.0 Å². The lowest BCUT2D eigenvalue weighted by atomic mass is 9.88. The van der Waals surface area contributed by atoms with Crippen LogP contribution in [0.5, 0.6) is 0 Å². The van der Waals surface area contributed by atoms with Gasteiger partial charge in [-0.15, -0.1) is 0 Å². The minimum absolute atomic E-state index is 0.126. The van der Waals surface area contributed by atoms with Gasteiger partial charge in [0, 0.05) is 38.0 Å². The van der Waals surface area contributed by atoms with Gasteiger partial charge in [0.05, 0.1) is 0 Å². The summed E-state index contributed by atoms with van der Waals surface area (Å²) in [5, 5.41) is 0. The summed E-state index contributed by atoms with van der Waals surface area (Å²) in [7, 11) is 0. The van der Waals surface area contributed by atoms with Gasteiger partial charge in [0.15, 0.2) is 0 Å². The fourth-order valence-corrected chi connectivity index (χ4v) is 4.31. The van der Waals surface area contributed by atoms with Crippen LogP contribution in [0.25, 0.3) is 0 Å². The van der Waals surface area contributed by atoms with Crippen molar-refractivity contribution in [3.63, 3.8) is 0 Å². The fourth-order valence-electron chi connectivity index (χ4n) is 4.31. The summed E-state index contributed by atoms with van der Waals surface area (Å²) >= 11 is 0. The molecular weight excluding hydrogens is 264 g/mol.